The summed E-state index contributed by atoms with van der Waals surface area (Å²) >= 11 is 0. The van der Waals surface area contributed by atoms with Gasteiger partial charge in [0.25, 0.3) is 0 Å². The van der Waals surface area contributed by atoms with Crippen LogP contribution in [0.3, 0.4) is 0 Å². The van der Waals surface area contributed by atoms with E-state index in [1.807, 2.05) is 6.92 Å². The van der Waals surface area contributed by atoms with Crippen molar-refractivity contribution in [3.8, 4) is 5.75 Å². The molecule has 3 aliphatic heterocycles. The summed E-state index contributed by atoms with van der Waals surface area (Å²) in [5.41, 5.74) is 10.2. The Kier molecular flexibility index (Phi) is 14.6. The lowest BCUT2D eigenvalue weighted by Crippen LogP contribution is -2.60. The van der Waals surface area contributed by atoms with Crippen LogP contribution in [0.5, 0.6) is 5.75 Å². The molecule has 8 aliphatic rings. The fourth-order valence-electron chi connectivity index (χ4n) is 17.6. The minimum atomic E-state index is -1.31. The molecule has 1 spiro atoms. The van der Waals surface area contributed by atoms with Crippen molar-refractivity contribution < 1.29 is 48.3 Å². The van der Waals surface area contributed by atoms with Crippen LogP contribution >= 0.6 is 0 Å². The fraction of sp³-hybridized carbons (Fsp3) is 0.500. The van der Waals surface area contributed by atoms with Crippen molar-refractivity contribution in [2.24, 2.45) is 29.6 Å². The summed E-state index contributed by atoms with van der Waals surface area (Å²) < 4.78 is 33.4. The molecule has 81 heavy (non-hydrogen) atoms. The van der Waals surface area contributed by atoms with Gasteiger partial charge < -0.3 is 38.7 Å². The SMILES string of the molecule is COCC(CCO)c1c(CO)c2ccc3c(c2oc1=O)C1OC(=O)CC2CC(c4cccc5c4CCC4CCCC6C=Cc7ccccc7C564)C=CC2c2ccc4c(c2)CCC2CCCCC2C(C)(O3)C1OC(=O)C(=C(C)CO)CC4. The Balaban J connectivity index is 0.984. The lowest BCUT2D eigenvalue weighted by atomic mass is 9.48. The highest BCUT2D eigenvalue weighted by molar-refractivity contribution is 5.90. The highest BCUT2D eigenvalue weighted by Gasteiger charge is 2.59. The number of ether oxygens (including phenoxy) is 4. The first-order chi connectivity index (χ1) is 39.5. The number of carbonyl (C=O) groups excluding carboxylic acids is 2. The van der Waals surface area contributed by atoms with Crippen molar-refractivity contribution in [2.45, 2.75) is 164 Å². The summed E-state index contributed by atoms with van der Waals surface area (Å²) in [7, 11) is 1.52. The van der Waals surface area contributed by atoms with Crippen LogP contribution in [-0.4, -0.2) is 65.9 Å². The lowest BCUT2D eigenvalue weighted by Gasteiger charge is -2.55. The Morgan fingerprint density at radius 3 is 2.49 bits per heavy atom. The van der Waals surface area contributed by atoms with Gasteiger partial charge in [0, 0.05) is 65.7 Å². The summed E-state index contributed by atoms with van der Waals surface area (Å²) in [6.07, 6.45) is 20.1. The number of aryl methyl sites for hydroxylation is 2. The second kappa shape index (κ2) is 21.9. The highest BCUT2D eigenvalue weighted by Crippen LogP contribution is 2.61. The average molecular weight is 1100 g/mol. The largest absolute Gasteiger partial charge is 0.483 e. The molecule has 0 radical (unpaired) electrons. The van der Waals surface area contributed by atoms with Gasteiger partial charge in [-0.05, 0) is 176 Å². The van der Waals surface area contributed by atoms with Gasteiger partial charge >= 0.3 is 17.6 Å². The molecule has 0 amide bonds. The molecule has 424 valence electrons. The summed E-state index contributed by atoms with van der Waals surface area (Å²) in [5, 5.41) is 32.4. The van der Waals surface area contributed by atoms with Crippen LogP contribution in [-0.2, 0) is 55.1 Å². The Hall–Kier alpha value is -6.11. The van der Waals surface area contributed by atoms with E-state index in [0.29, 0.717) is 58.9 Å². The van der Waals surface area contributed by atoms with Gasteiger partial charge in [0.1, 0.15) is 11.3 Å². The van der Waals surface area contributed by atoms with E-state index >= 15 is 9.59 Å². The molecule has 11 heteroatoms. The zero-order chi connectivity index (χ0) is 55.7. The molecule has 5 bridgehead atoms. The Labute approximate surface area is 475 Å². The number of fused-ring (bicyclic) bond motifs is 10. The van der Waals surface area contributed by atoms with Crippen LogP contribution < -0.4 is 10.4 Å². The van der Waals surface area contributed by atoms with Crippen molar-refractivity contribution in [3.63, 3.8) is 0 Å². The third kappa shape index (κ3) is 9.01. The van der Waals surface area contributed by atoms with Gasteiger partial charge in [0.05, 0.1) is 25.4 Å². The zero-order valence-electron chi connectivity index (χ0n) is 47.3. The van der Waals surface area contributed by atoms with Crippen molar-refractivity contribution in [3.05, 3.63) is 174 Å². The van der Waals surface area contributed by atoms with Crippen LogP contribution in [0.4, 0.5) is 0 Å². The molecule has 0 saturated heterocycles. The monoisotopic (exact) mass is 1090 g/mol. The third-order valence-electron chi connectivity index (χ3n) is 21.3. The lowest BCUT2D eigenvalue weighted by molar-refractivity contribution is -0.205. The number of aliphatic hydroxyl groups excluding tert-OH is 3. The first-order valence-corrected chi connectivity index (χ1v) is 30.4. The molecule has 2 saturated carbocycles. The number of esters is 2. The van der Waals surface area contributed by atoms with Gasteiger partial charge in [0.15, 0.2) is 17.8 Å². The van der Waals surface area contributed by atoms with Gasteiger partial charge in [-0.3, -0.25) is 4.79 Å². The molecule has 4 aromatic carbocycles. The van der Waals surface area contributed by atoms with E-state index in [2.05, 4.69) is 85.0 Å². The average Bonchev–Trinajstić information content (AvgIpc) is 3.66. The minimum Gasteiger partial charge on any atom is -0.483 e. The van der Waals surface area contributed by atoms with E-state index in [0.717, 1.165) is 62.5 Å². The summed E-state index contributed by atoms with van der Waals surface area (Å²) in [4.78, 5) is 45.6. The van der Waals surface area contributed by atoms with Crippen molar-refractivity contribution in [1.29, 1.82) is 0 Å². The van der Waals surface area contributed by atoms with Crippen molar-refractivity contribution >= 4 is 29.0 Å². The van der Waals surface area contributed by atoms with E-state index in [9.17, 15) is 20.1 Å². The van der Waals surface area contributed by atoms with Crippen molar-refractivity contribution in [2.75, 3.05) is 26.9 Å². The molecule has 3 N–H and O–H groups in total. The standard InChI is InChI=1S/C70H78O11/c1-40(37-72)51-27-23-41-18-21-45-34-44(41)20-19-42-10-4-6-15-57(42)69(2)66(80-67(51)75)65(63-60(81-69)31-30-55-56(38-73)62(68(76)79-64(55)63)47(32-33-71)39-77-3)78-61(74)36-48-35-46(24-28-52(45)48)53-14-9-17-59-54(53)29-26-50-13-8-12-49-25-22-43-11-5-7-16-58(43)70(49,50)59/h5,7,9,11,14,16-18,21-22,24-25,28,30-31,34,42,46-50,52,57,65-66,71-73H,4,6,8,10,12-13,15,19-20,23,26-27,29,32-33,35-39H2,1-3H3. The second-order valence-corrected chi connectivity index (χ2v) is 25.3. The third-order valence-corrected chi connectivity index (χ3v) is 21.3. The minimum absolute atomic E-state index is 0.0331. The van der Waals surface area contributed by atoms with Gasteiger partial charge in [-0.2, -0.15) is 0 Å². The van der Waals surface area contributed by atoms with E-state index < -0.39 is 47.9 Å². The Morgan fingerprint density at radius 2 is 1.65 bits per heavy atom. The fourth-order valence-corrected chi connectivity index (χ4v) is 17.6. The number of rotatable bonds is 8. The molecular formula is C70H78O11. The van der Waals surface area contributed by atoms with E-state index in [4.69, 9.17) is 23.4 Å². The summed E-state index contributed by atoms with van der Waals surface area (Å²) in [6.45, 7) is 2.76. The number of aliphatic hydroxyl groups is 3. The maximum Gasteiger partial charge on any atom is 0.340 e. The maximum atomic E-state index is 15.8. The topological polar surface area (TPSA) is 162 Å². The number of hydrogen-bond donors (Lipinski definition) is 3. The number of allylic oxidation sites excluding steroid dienone is 3. The molecule has 1 aromatic heterocycles. The molecular weight excluding hydrogens is 1020 g/mol. The van der Waals surface area contributed by atoms with Crippen LogP contribution in [0, 0.1) is 29.6 Å². The quantitative estimate of drug-likeness (QED) is 0.0587. The van der Waals surface area contributed by atoms with Gasteiger partial charge in [0.2, 0.25) is 0 Å². The normalized spacial score (nSPS) is 31.3. The number of methoxy groups -OCH3 is 1. The van der Waals surface area contributed by atoms with Crippen LogP contribution in [0.1, 0.15) is 182 Å². The summed E-state index contributed by atoms with van der Waals surface area (Å²) in [6, 6.07) is 26.6. The molecule has 5 aliphatic carbocycles. The molecule has 5 aromatic rings. The van der Waals surface area contributed by atoms with E-state index in [1.54, 1.807) is 19.1 Å². The van der Waals surface area contributed by atoms with E-state index in [1.165, 1.54) is 59.8 Å². The molecule has 13 rings (SSSR count). The van der Waals surface area contributed by atoms with Gasteiger partial charge in [-0.25, -0.2) is 9.59 Å². The summed E-state index contributed by atoms with van der Waals surface area (Å²) in [5.74, 6) is -0.623. The van der Waals surface area contributed by atoms with Crippen LogP contribution in [0.2, 0.25) is 0 Å². The molecule has 12 atom stereocenters. The van der Waals surface area contributed by atoms with Crippen LogP contribution in [0.25, 0.3) is 17.0 Å². The Morgan fingerprint density at radius 1 is 0.802 bits per heavy atom. The smallest absolute Gasteiger partial charge is 0.340 e. The first kappa shape index (κ1) is 54.2. The van der Waals surface area contributed by atoms with Crippen molar-refractivity contribution in [1.82, 2.24) is 0 Å². The van der Waals surface area contributed by atoms with E-state index in [-0.39, 0.29) is 84.4 Å². The first-order valence-electron chi connectivity index (χ1n) is 30.4. The Bertz CT molecular complexity index is 3430. The predicted molar refractivity (Wildman–Crippen MR) is 310 cm³/mol. The number of benzene rings is 4. The number of carbonyl (C=O) groups is 2. The second-order valence-electron chi connectivity index (χ2n) is 25.3. The highest BCUT2D eigenvalue weighted by atomic mass is 16.6. The maximum absolute atomic E-state index is 15.8. The predicted octanol–water partition coefficient (Wildman–Crippen LogP) is 12.3. The van der Waals surface area contributed by atoms with Crippen LogP contribution in [0.15, 0.2) is 111 Å². The molecule has 11 nitrogen and oxygen atoms in total. The number of hydrogen-bond acceptors (Lipinski definition) is 11. The van der Waals surface area contributed by atoms with Gasteiger partial charge in [-0.1, -0.05) is 111 Å². The molecule has 2 fully saturated rings. The zero-order valence-corrected chi connectivity index (χ0v) is 47.3. The molecule has 12 unspecified atom stereocenters. The molecule has 4 heterocycles. The van der Waals surface area contributed by atoms with Gasteiger partial charge in [-0.15, -0.1) is 0 Å².